The molecule has 2 unspecified atom stereocenters. The standard InChI is InChI=1S/C41H34N2/c1-27-21-32(19-20-43-27)35-24-34(25-42-26-35)31-16-15-30-23-33(18-17-29(30)22-31)41-38-13-7-5-11-36(38)40(28-9-3-2-4-10-28)37-12-6-8-14-39(37)41/h2-16,20,22-27,32H,17-19,21H2,1H3. The molecule has 2 heterocycles. The van der Waals surface area contributed by atoms with Crippen LogP contribution in [0.1, 0.15) is 54.4 Å². The molecule has 2 atom stereocenters. The van der Waals surface area contributed by atoms with Crippen molar-refractivity contribution >= 4 is 39.4 Å². The van der Waals surface area contributed by atoms with E-state index in [1.54, 1.807) is 0 Å². The molecule has 5 aromatic carbocycles. The highest BCUT2D eigenvalue weighted by Gasteiger charge is 2.21. The fraction of sp³-hybridized carbons (Fsp3) is 0.171. The molecule has 1 aromatic heterocycles. The lowest BCUT2D eigenvalue weighted by Gasteiger charge is -2.23. The van der Waals surface area contributed by atoms with Crippen LogP contribution in [0.3, 0.4) is 0 Å². The van der Waals surface area contributed by atoms with Crippen molar-refractivity contribution in [2.75, 3.05) is 0 Å². The first-order valence-electron chi connectivity index (χ1n) is 15.5. The normalized spacial score (nSPS) is 18.0. The summed E-state index contributed by atoms with van der Waals surface area (Å²) >= 11 is 0. The number of aliphatic imine (C=N–C) groups is 1. The van der Waals surface area contributed by atoms with Gasteiger partial charge >= 0.3 is 0 Å². The maximum Gasteiger partial charge on any atom is 0.0473 e. The summed E-state index contributed by atoms with van der Waals surface area (Å²) in [6, 6.07) is 38.5. The Hall–Kier alpha value is -4.82. The lowest BCUT2D eigenvalue weighted by molar-refractivity contribution is 0.546. The molecule has 0 saturated heterocycles. The Morgan fingerprint density at radius 3 is 2.05 bits per heavy atom. The lowest BCUT2D eigenvalue weighted by Crippen LogP contribution is -2.13. The van der Waals surface area contributed by atoms with Crippen LogP contribution < -0.4 is 0 Å². The summed E-state index contributed by atoms with van der Waals surface area (Å²) in [6.07, 6.45) is 12.7. The summed E-state index contributed by atoms with van der Waals surface area (Å²) < 4.78 is 0. The number of hydrogen-bond donors (Lipinski definition) is 0. The van der Waals surface area contributed by atoms with Gasteiger partial charge in [0, 0.05) is 24.0 Å². The van der Waals surface area contributed by atoms with E-state index >= 15 is 0 Å². The van der Waals surface area contributed by atoms with Gasteiger partial charge < -0.3 is 0 Å². The van der Waals surface area contributed by atoms with Gasteiger partial charge in [0.15, 0.2) is 0 Å². The average molecular weight is 555 g/mol. The van der Waals surface area contributed by atoms with Crippen LogP contribution in [0.15, 0.2) is 121 Å². The number of nitrogens with zero attached hydrogens (tertiary/aromatic N) is 2. The number of allylic oxidation sites excluding steroid dienone is 1. The zero-order valence-electron chi connectivity index (χ0n) is 24.5. The van der Waals surface area contributed by atoms with E-state index in [2.05, 4.69) is 132 Å². The lowest BCUT2D eigenvalue weighted by atomic mass is 9.81. The predicted molar refractivity (Wildman–Crippen MR) is 183 cm³/mol. The van der Waals surface area contributed by atoms with Gasteiger partial charge in [-0.1, -0.05) is 103 Å². The fourth-order valence-corrected chi connectivity index (χ4v) is 7.31. The van der Waals surface area contributed by atoms with Crippen LogP contribution >= 0.6 is 0 Å². The molecule has 43 heavy (non-hydrogen) atoms. The maximum absolute atomic E-state index is 4.66. The van der Waals surface area contributed by atoms with E-state index in [0.29, 0.717) is 12.0 Å². The second-order valence-electron chi connectivity index (χ2n) is 12.1. The van der Waals surface area contributed by atoms with Gasteiger partial charge in [-0.15, -0.1) is 0 Å². The third-order valence-electron chi connectivity index (χ3n) is 9.39. The molecule has 0 saturated carbocycles. The summed E-state index contributed by atoms with van der Waals surface area (Å²) in [5, 5.41) is 5.29. The Morgan fingerprint density at radius 2 is 1.33 bits per heavy atom. The molecule has 6 aromatic rings. The molecule has 1 aliphatic carbocycles. The van der Waals surface area contributed by atoms with E-state index in [1.165, 1.54) is 71.6 Å². The Balaban J connectivity index is 1.22. The Morgan fingerprint density at radius 1 is 0.628 bits per heavy atom. The minimum absolute atomic E-state index is 0.385. The largest absolute Gasteiger partial charge is 0.294 e. The second-order valence-corrected chi connectivity index (χ2v) is 12.1. The number of hydrogen-bond acceptors (Lipinski definition) is 2. The molecule has 208 valence electrons. The van der Waals surface area contributed by atoms with Gasteiger partial charge in [0.25, 0.3) is 0 Å². The number of benzene rings is 5. The van der Waals surface area contributed by atoms with Gasteiger partial charge in [-0.2, -0.15) is 0 Å². The first-order chi connectivity index (χ1) is 21.2. The van der Waals surface area contributed by atoms with Crippen molar-refractivity contribution in [2.45, 2.75) is 44.6 Å². The number of rotatable bonds is 4. The zero-order valence-corrected chi connectivity index (χ0v) is 24.5. The van der Waals surface area contributed by atoms with E-state index in [4.69, 9.17) is 0 Å². The average Bonchev–Trinajstić information content (AvgIpc) is 3.07. The molecule has 8 rings (SSSR count). The summed E-state index contributed by atoms with van der Waals surface area (Å²) in [5.41, 5.74) is 11.9. The second kappa shape index (κ2) is 10.8. The van der Waals surface area contributed by atoms with Crippen LogP contribution in [-0.2, 0) is 6.42 Å². The van der Waals surface area contributed by atoms with Gasteiger partial charge in [-0.3, -0.25) is 9.98 Å². The predicted octanol–water partition coefficient (Wildman–Crippen LogP) is 10.5. The van der Waals surface area contributed by atoms with E-state index in [9.17, 15) is 0 Å². The Kier molecular flexibility index (Phi) is 6.48. The summed E-state index contributed by atoms with van der Waals surface area (Å²) in [4.78, 5) is 9.22. The van der Waals surface area contributed by atoms with Crippen molar-refractivity contribution in [2.24, 2.45) is 4.99 Å². The molecule has 0 amide bonds. The minimum atomic E-state index is 0.385. The molecular formula is C41H34N2. The van der Waals surface area contributed by atoms with Crippen LogP contribution in [0.25, 0.3) is 55.4 Å². The van der Waals surface area contributed by atoms with E-state index in [-0.39, 0.29) is 0 Å². The first kappa shape index (κ1) is 25.9. The van der Waals surface area contributed by atoms with Crippen LogP contribution in [0.4, 0.5) is 0 Å². The van der Waals surface area contributed by atoms with Crippen LogP contribution in [0.2, 0.25) is 0 Å². The quantitative estimate of drug-likeness (QED) is 0.199. The number of aryl methyl sites for hydroxylation is 1. The smallest absolute Gasteiger partial charge is 0.0473 e. The van der Waals surface area contributed by atoms with E-state index < -0.39 is 0 Å². The highest BCUT2D eigenvalue weighted by Crippen LogP contribution is 2.44. The highest BCUT2D eigenvalue weighted by atomic mass is 14.8. The van der Waals surface area contributed by atoms with Gasteiger partial charge in [-0.05, 0) is 117 Å². The van der Waals surface area contributed by atoms with E-state index in [1.807, 2.05) is 12.4 Å². The molecule has 0 bridgehead atoms. The monoisotopic (exact) mass is 554 g/mol. The third kappa shape index (κ3) is 4.68. The summed E-state index contributed by atoms with van der Waals surface area (Å²) in [6.45, 7) is 2.20. The van der Waals surface area contributed by atoms with Crippen molar-refractivity contribution in [3.63, 3.8) is 0 Å². The minimum Gasteiger partial charge on any atom is -0.294 e. The van der Waals surface area contributed by atoms with Gasteiger partial charge in [0.05, 0.1) is 0 Å². The number of fused-ring (bicyclic) bond motifs is 3. The molecular weight excluding hydrogens is 520 g/mol. The third-order valence-corrected chi connectivity index (χ3v) is 9.39. The van der Waals surface area contributed by atoms with Gasteiger partial charge in [-0.25, -0.2) is 0 Å². The van der Waals surface area contributed by atoms with Crippen molar-refractivity contribution in [3.8, 4) is 22.3 Å². The molecule has 2 heteroatoms. The van der Waals surface area contributed by atoms with Crippen LogP contribution in [0, 0.1) is 0 Å². The zero-order chi connectivity index (χ0) is 28.8. The van der Waals surface area contributed by atoms with Crippen molar-refractivity contribution in [3.05, 3.63) is 138 Å². The molecule has 1 aliphatic heterocycles. The Bertz CT molecular complexity index is 1990. The van der Waals surface area contributed by atoms with Gasteiger partial charge in [0.1, 0.15) is 0 Å². The molecule has 0 radical (unpaired) electrons. The summed E-state index contributed by atoms with van der Waals surface area (Å²) in [5.74, 6) is 0.501. The number of aromatic nitrogens is 1. The summed E-state index contributed by atoms with van der Waals surface area (Å²) in [7, 11) is 0. The SMILES string of the molecule is CC1CC(c2cncc(-c3ccc4c(c3)CCC(c3c5ccccc5c(-c5ccccc5)c5ccccc35)=C4)c2)CC=N1. The first-order valence-corrected chi connectivity index (χ1v) is 15.5. The fourth-order valence-electron chi connectivity index (χ4n) is 7.31. The van der Waals surface area contributed by atoms with Crippen molar-refractivity contribution in [1.82, 2.24) is 4.98 Å². The number of pyridine rings is 1. The van der Waals surface area contributed by atoms with Crippen molar-refractivity contribution < 1.29 is 0 Å². The highest BCUT2D eigenvalue weighted by molar-refractivity contribution is 6.19. The molecule has 0 fully saturated rings. The van der Waals surface area contributed by atoms with E-state index in [0.717, 1.165) is 25.7 Å². The molecule has 0 spiro atoms. The topological polar surface area (TPSA) is 25.2 Å². The molecule has 0 N–H and O–H groups in total. The van der Waals surface area contributed by atoms with Crippen LogP contribution in [-0.4, -0.2) is 17.2 Å². The molecule has 2 aliphatic rings. The van der Waals surface area contributed by atoms with Crippen molar-refractivity contribution in [1.29, 1.82) is 0 Å². The van der Waals surface area contributed by atoms with Gasteiger partial charge in [0.2, 0.25) is 0 Å². The Labute approximate surface area is 253 Å². The molecule has 2 nitrogen and oxygen atoms in total. The van der Waals surface area contributed by atoms with Crippen LogP contribution in [0.5, 0.6) is 0 Å². The maximum atomic E-state index is 4.66.